The molecule has 2 rings (SSSR count). The molecule has 1 atom stereocenters. The molecule has 1 N–H and O–H groups in total. The zero-order valence-corrected chi connectivity index (χ0v) is 8.30. The van der Waals surface area contributed by atoms with Crippen molar-refractivity contribution in [3.8, 4) is 0 Å². The van der Waals surface area contributed by atoms with Crippen LogP contribution in [0.25, 0.3) is 0 Å². The van der Waals surface area contributed by atoms with Crippen molar-refractivity contribution in [3.05, 3.63) is 30.3 Å². The van der Waals surface area contributed by atoms with Crippen LogP contribution in [0.4, 0.5) is 5.69 Å². The summed E-state index contributed by atoms with van der Waals surface area (Å²) in [6.07, 6.45) is -0.709. The number of aliphatic carboxylic acids is 1. The average Bonchev–Trinajstić information content (AvgIpc) is 2.30. The second-order valence-electron chi connectivity index (χ2n) is 3.48. The second kappa shape index (κ2) is 4.31. The summed E-state index contributed by atoms with van der Waals surface area (Å²) in [6.45, 7) is 1.62. The predicted octanol–water partition coefficient (Wildman–Crippen LogP) is 0.976. The van der Waals surface area contributed by atoms with Gasteiger partial charge in [0.1, 0.15) is 0 Å². The van der Waals surface area contributed by atoms with Crippen molar-refractivity contribution < 1.29 is 14.6 Å². The molecule has 1 aliphatic heterocycles. The monoisotopic (exact) mass is 207 g/mol. The van der Waals surface area contributed by atoms with E-state index in [1.165, 1.54) is 0 Å². The van der Waals surface area contributed by atoms with E-state index in [0.29, 0.717) is 13.2 Å². The maximum atomic E-state index is 10.8. The first-order valence-corrected chi connectivity index (χ1v) is 4.92. The van der Waals surface area contributed by atoms with Crippen LogP contribution in [0.15, 0.2) is 30.3 Å². The van der Waals surface area contributed by atoms with E-state index in [1.807, 2.05) is 35.2 Å². The largest absolute Gasteiger partial charge is 0.479 e. The van der Waals surface area contributed by atoms with Crippen LogP contribution in [0.5, 0.6) is 0 Å². The van der Waals surface area contributed by atoms with Gasteiger partial charge in [-0.2, -0.15) is 0 Å². The van der Waals surface area contributed by atoms with E-state index in [-0.39, 0.29) is 0 Å². The smallest absolute Gasteiger partial charge is 0.334 e. The summed E-state index contributed by atoms with van der Waals surface area (Å²) < 4.78 is 5.15. The minimum atomic E-state index is -0.893. The highest BCUT2D eigenvalue weighted by Crippen LogP contribution is 2.16. The van der Waals surface area contributed by atoms with Crippen LogP contribution in [0.1, 0.15) is 0 Å². The number of carboxylic acids is 1. The van der Waals surface area contributed by atoms with E-state index in [1.54, 1.807) is 0 Å². The summed E-state index contributed by atoms with van der Waals surface area (Å²) in [7, 11) is 0. The Kier molecular flexibility index (Phi) is 2.87. The highest BCUT2D eigenvalue weighted by atomic mass is 16.5. The maximum Gasteiger partial charge on any atom is 0.334 e. The van der Waals surface area contributed by atoms with Gasteiger partial charge in [0.2, 0.25) is 0 Å². The van der Waals surface area contributed by atoms with Crippen LogP contribution >= 0.6 is 0 Å². The molecule has 0 unspecified atom stereocenters. The Hall–Kier alpha value is -1.55. The molecule has 1 aliphatic rings. The summed E-state index contributed by atoms with van der Waals surface area (Å²) in [5, 5.41) is 8.85. The molecule has 15 heavy (non-hydrogen) atoms. The van der Waals surface area contributed by atoms with Gasteiger partial charge in [0, 0.05) is 12.2 Å². The average molecular weight is 207 g/mol. The van der Waals surface area contributed by atoms with Crippen molar-refractivity contribution in [1.82, 2.24) is 0 Å². The Balaban J connectivity index is 2.08. The lowest BCUT2D eigenvalue weighted by molar-refractivity contribution is -0.150. The normalized spacial score (nSPS) is 21.3. The SMILES string of the molecule is O=C(O)[C@H]1CN(c2ccccc2)CCO1. The highest BCUT2D eigenvalue weighted by Gasteiger charge is 2.25. The van der Waals surface area contributed by atoms with Gasteiger partial charge < -0.3 is 14.7 Å². The number of morpholine rings is 1. The fraction of sp³-hybridized carbons (Fsp3) is 0.364. The van der Waals surface area contributed by atoms with Crippen molar-refractivity contribution in [2.24, 2.45) is 0 Å². The Morgan fingerprint density at radius 1 is 1.40 bits per heavy atom. The number of rotatable bonds is 2. The maximum absolute atomic E-state index is 10.8. The number of ether oxygens (including phenoxy) is 1. The molecular weight excluding hydrogens is 194 g/mol. The zero-order chi connectivity index (χ0) is 10.7. The van der Waals surface area contributed by atoms with E-state index in [2.05, 4.69) is 0 Å². The first-order chi connectivity index (χ1) is 7.27. The molecule has 0 aliphatic carbocycles. The van der Waals surface area contributed by atoms with Gasteiger partial charge in [0.05, 0.1) is 13.2 Å². The number of hydrogen-bond acceptors (Lipinski definition) is 3. The van der Waals surface area contributed by atoms with Gasteiger partial charge >= 0.3 is 5.97 Å². The summed E-state index contributed by atoms with van der Waals surface area (Å²) in [4.78, 5) is 12.8. The number of carbonyl (C=O) groups is 1. The lowest BCUT2D eigenvalue weighted by Gasteiger charge is -2.32. The van der Waals surface area contributed by atoms with E-state index >= 15 is 0 Å². The molecule has 80 valence electrons. The third-order valence-corrected chi connectivity index (χ3v) is 2.46. The summed E-state index contributed by atoms with van der Waals surface area (Å²) in [5.41, 5.74) is 1.05. The Morgan fingerprint density at radius 2 is 2.13 bits per heavy atom. The molecule has 0 amide bonds. The van der Waals surface area contributed by atoms with Crippen molar-refractivity contribution >= 4 is 11.7 Å². The number of para-hydroxylation sites is 1. The minimum Gasteiger partial charge on any atom is -0.479 e. The van der Waals surface area contributed by atoms with Crippen LogP contribution in [0, 0.1) is 0 Å². The van der Waals surface area contributed by atoms with E-state index in [0.717, 1.165) is 12.2 Å². The number of anilines is 1. The fourth-order valence-corrected chi connectivity index (χ4v) is 1.67. The van der Waals surface area contributed by atoms with Gasteiger partial charge in [-0.1, -0.05) is 18.2 Å². The topological polar surface area (TPSA) is 49.8 Å². The molecule has 0 bridgehead atoms. The van der Waals surface area contributed by atoms with Gasteiger partial charge in [-0.3, -0.25) is 0 Å². The Bertz CT molecular complexity index is 339. The molecule has 1 fully saturated rings. The molecule has 1 aromatic rings. The first kappa shape index (κ1) is 9.98. The summed E-state index contributed by atoms with van der Waals surface area (Å²) in [6, 6.07) is 9.79. The highest BCUT2D eigenvalue weighted by molar-refractivity contribution is 5.73. The Labute approximate surface area is 88.1 Å². The third-order valence-electron chi connectivity index (χ3n) is 2.46. The number of nitrogens with zero attached hydrogens (tertiary/aromatic N) is 1. The number of benzene rings is 1. The quantitative estimate of drug-likeness (QED) is 0.785. The van der Waals surface area contributed by atoms with E-state index in [9.17, 15) is 4.79 Å². The standard InChI is InChI=1S/C11H13NO3/c13-11(14)10-8-12(6-7-15-10)9-4-2-1-3-5-9/h1-5,10H,6-8H2,(H,13,14)/t10-/m1/s1. The van der Waals surface area contributed by atoms with E-state index < -0.39 is 12.1 Å². The molecule has 1 saturated heterocycles. The zero-order valence-electron chi connectivity index (χ0n) is 8.30. The lowest BCUT2D eigenvalue weighted by atomic mass is 10.2. The second-order valence-corrected chi connectivity index (χ2v) is 3.48. The predicted molar refractivity (Wildman–Crippen MR) is 56.0 cm³/mol. The van der Waals surface area contributed by atoms with Crippen molar-refractivity contribution in [3.63, 3.8) is 0 Å². The van der Waals surface area contributed by atoms with Crippen LogP contribution in [0.2, 0.25) is 0 Å². The van der Waals surface area contributed by atoms with Gasteiger partial charge in [-0.15, -0.1) is 0 Å². The van der Waals surface area contributed by atoms with Gasteiger partial charge in [0.25, 0.3) is 0 Å². The third kappa shape index (κ3) is 2.27. The van der Waals surface area contributed by atoms with Crippen LogP contribution in [0.3, 0.4) is 0 Å². The molecule has 0 radical (unpaired) electrons. The first-order valence-electron chi connectivity index (χ1n) is 4.92. The van der Waals surface area contributed by atoms with Gasteiger partial charge in [-0.25, -0.2) is 4.79 Å². The van der Waals surface area contributed by atoms with Crippen LogP contribution in [-0.4, -0.2) is 36.9 Å². The fourth-order valence-electron chi connectivity index (χ4n) is 1.67. The summed E-state index contributed by atoms with van der Waals surface area (Å²) >= 11 is 0. The molecule has 4 heteroatoms. The van der Waals surface area contributed by atoms with E-state index in [4.69, 9.17) is 9.84 Å². The molecule has 1 aromatic carbocycles. The lowest BCUT2D eigenvalue weighted by Crippen LogP contribution is -2.46. The molecule has 0 aromatic heterocycles. The Morgan fingerprint density at radius 3 is 2.80 bits per heavy atom. The minimum absolute atomic E-state index is 0.416. The van der Waals surface area contributed by atoms with Crippen molar-refractivity contribution in [2.45, 2.75) is 6.10 Å². The molecule has 0 spiro atoms. The van der Waals surface area contributed by atoms with Gasteiger partial charge in [-0.05, 0) is 12.1 Å². The van der Waals surface area contributed by atoms with Crippen molar-refractivity contribution in [2.75, 3.05) is 24.6 Å². The number of carboxylic acid groups (broad SMARTS) is 1. The molecule has 0 saturated carbocycles. The van der Waals surface area contributed by atoms with Gasteiger partial charge in [0.15, 0.2) is 6.10 Å². The summed E-state index contributed by atoms with van der Waals surface area (Å²) in [5.74, 6) is -0.893. The van der Waals surface area contributed by atoms with Crippen molar-refractivity contribution in [1.29, 1.82) is 0 Å². The molecule has 1 heterocycles. The van der Waals surface area contributed by atoms with Crippen LogP contribution < -0.4 is 4.90 Å². The van der Waals surface area contributed by atoms with Crippen LogP contribution in [-0.2, 0) is 9.53 Å². The number of hydrogen-bond donors (Lipinski definition) is 1. The molecular formula is C11H13NO3. The molecule has 4 nitrogen and oxygen atoms in total.